The highest BCUT2D eigenvalue weighted by Crippen LogP contribution is 2.16. The molecule has 1 heterocycles. The van der Waals surface area contributed by atoms with Crippen LogP contribution in [0.3, 0.4) is 0 Å². The summed E-state index contributed by atoms with van der Waals surface area (Å²) in [5.74, 6) is 0.816. The first-order chi connectivity index (χ1) is 7.36. The van der Waals surface area contributed by atoms with Crippen LogP contribution in [0, 0.1) is 5.92 Å². The van der Waals surface area contributed by atoms with Gasteiger partial charge in [-0.1, -0.05) is 30.3 Å². The Morgan fingerprint density at radius 3 is 2.80 bits per heavy atom. The van der Waals surface area contributed by atoms with Crippen molar-refractivity contribution in [1.82, 2.24) is 5.32 Å². The average molecular weight is 203 g/mol. The van der Waals surface area contributed by atoms with Crippen molar-refractivity contribution in [3.05, 3.63) is 35.9 Å². The molecule has 0 saturated carbocycles. The number of nitrogens with one attached hydrogen (secondary N) is 1. The van der Waals surface area contributed by atoms with Gasteiger partial charge in [-0.3, -0.25) is 4.79 Å². The highest BCUT2D eigenvalue weighted by molar-refractivity contribution is 5.96. The lowest BCUT2D eigenvalue weighted by Gasteiger charge is -2.21. The second-order valence-electron chi connectivity index (χ2n) is 4.21. The predicted molar refractivity (Wildman–Crippen MR) is 61.0 cm³/mol. The average Bonchev–Trinajstić information content (AvgIpc) is 2.31. The summed E-state index contributed by atoms with van der Waals surface area (Å²) in [7, 11) is 0. The van der Waals surface area contributed by atoms with Crippen molar-refractivity contribution in [3.63, 3.8) is 0 Å². The molecule has 2 nitrogen and oxygen atoms in total. The SMILES string of the molecule is O=C(CC1CCCNC1)c1ccccc1. The van der Waals surface area contributed by atoms with Gasteiger partial charge >= 0.3 is 0 Å². The van der Waals surface area contributed by atoms with E-state index in [1.165, 1.54) is 12.8 Å². The van der Waals surface area contributed by atoms with Gasteiger partial charge < -0.3 is 5.32 Å². The highest BCUT2D eigenvalue weighted by atomic mass is 16.1. The number of carbonyl (C=O) groups excluding carboxylic acids is 1. The van der Waals surface area contributed by atoms with Crippen LogP contribution in [0.25, 0.3) is 0 Å². The Hall–Kier alpha value is -1.15. The van der Waals surface area contributed by atoms with E-state index in [2.05, 4.69) is 5.32 Å². The Morgan fingerprint density at radius 2 is 2.13 bits per heavy atom. The Labute approximate surface area is 90.7 Å². The number of rotatable bonds is 3. The number of ketones is 1. The minimum Gasteiger partial charge on any atom is -0.316 e. The van der Waals surface area contributed by atoms with Crippen molar-refractivity contribution in [2.45, 2.75) is 19.3 Å². The van der Waals surface area contributed by atoms with Gasteiger partial charge in [-0.2, -0.15) is 0 Å². The Bertz CT molecular complexity index is 315. The minimum atomic E-state index is 0.282. The topological polar surface area (TPSA) is 29.1 Å². The summed E-state index contributed by atoms with van der Waals surface area (Å²) in [6, 6.07) is 9.59. The molecule has 1 aliphatic heterocycles. The van der Waals surface area contributed by atoms with Gasteiger partial charge in [0.1, 0.15) is 0 Å². The number of Topliss-reactive ketones (excluding diaryl/α,β-unsaturated/α-hetero) is 1. The third-order valence-corrected chi connectivity index (χ3v) is 2.97. The lowest BCUT2D eigenvalue weighted by molar-refractivity contribution is 0.0954. The molecule has 0 aromatic heterocycles. The summed E-state index contributed by atoms with van der Waals surface area (Å²) in [4.78, 5) is 11.9. The normalized spacial score (nSPS) is 21.2. The first kappa shape index (κ1) is 10.4. The largest absolute Gasteiger partial charge is 0.316 e. The molecule has 1 N–H and O–H groups in total. The van der Waals surface area contributed by atoms with E-state index in [0.717, 1.165) is 18.7 Å². The standard InChI is InChI=1S/C13H17NO/c15-13(12-6-2-1-3-7-12)9-11-5-4-8-14-10-11/h1-3,6-7,11,14H,4-5,8-10H2. The molecule has 0 radical (unpaired) electrons. The molecular weight excluding hydrogens is 186 g/mol. The molecule has 1 fully saturated rings. The summed E-state index contributed by atoms with van der Waals surface area (Å²) >= 11 is 0. The van der Waals surface area contributed by atoms with Gasteiger partial charge in [-0.05, 0) is 31.8 Å². The smallest absolute Gasteiger partial charge is 0.163 e. The van der Waals surface area contributed by atoms with Crippen LogP contribution in [0.4, 0.5) is 0 Å². The van der Waals surface area contributed by atoms with Crippen molar-refractivity contribution in [2.75, 3.05) is 13.1 Å². The number of hydrogen-bond donors (Lipinski definition) is 1. The van der Waals surface area contributed by atoms with E-state index >= 15 is 0 Å². The van der Waals surface area contributed by atoms with E-state index in [4.69, 9.17) is 0 Å². The fraction of sp³-hybridized carbons (Fsp3) is 0.462. The van der Waals surface area contributed by atoms with Gasteiger partial charge in [0.15, 0.2) is 5.78 Å². The van der Waals surface area contributed by atoms with Crippen LogP contribution in [0.1, 0.15) is 29.6 Å². The molecule has 0 aliphatic carbocycles. The van der Waals surface area contributed by atoms with E-state index in [9.17, 15) is 4.79 Å². The molecular formula is C13H17NO. The van der Waals surface area contributed by atoms with Crippen LogP contribution in [0.5, 0.6) is 0 Å². The van der Waals surface area contributed by atoms with Gasteiger partial charge in [0.2, 0.25) is 0 Å². The first-order valence-corrected chi connectivity index (χ1v) is 5.65. The molecule has 2 rings (SSSR count). The molecule has 1 atom stereocenters. The predicted octanol–water partition coefficient (Wildman–Crippen LogP) is 2.26. The Balaban J connectivity index is 1.91. The summed E-state index contributed by atoms with van der Waals surface area (Å²) in [6.07, 6.45) is 3.08. The molecule has 2 heteroatoms. The quantitative estimate of drug-likeness (QED) is 0.763. The van der Waals surface area contributed by atoms with Crippen LogP contribution in [0.2, 0.25) is 0 Å². The number of hydrogen-bond acceptors (Lipinski definition) is 2. The van der Waals surface area contributed by atoms with Crippen LogP contribution in [-0.2, 0) is 0 Å². The van der Waals surface area contributed by atoms with Crippen molar-refractivity contribution in [3.8, 4) is 0 Å². The van der Waals surface area contributed by atoms with Crippen LogP contribution in [-0.4, -0.2) is 18.9 Å². The van der Waals surface area contributed by atoms with E-state index in [1.54, 1.807) is 0 Å². The van der Waals surface area contributed by atoms with Crippen LogP contribution >= 0.6 is 0 Å². The first-order valence-electron chi connectivity index (χ1n) is 5.65. The second kappa shape index (κ2) is 5.08. The maximum Gasteiger partial charge on any atom is 0.163 e. The molecule has 0 spiro atoms. The molecule has 0 amide bonds. The second-order valence-corrected chi connectivity index (χ2v) is 4.21. The number of carbonyl (C=O) groups is 1. The minimum absolute atomic E-state index is 0.282. The molecule has 1 saturated heterocycles. The molecule has 1 unspecified atom stereocenters. The van der Waals surface area contributed by atoms with Gasteiger partial charge in [-0.15, -0.1) is 0 Å². The molecule has 15 heavy (non-hydrogen) atoms. The Kier molecular flexibility index (Phi) is 3.51. The zero-order valence-corrected chi connectivity index (χ0v) is 8.91. The lowest BCUT2D eigenvalue weighted by atomic mass is 9.92. The van der Waals surface area contributed by atoms with Crippen molar-refractivity contribution in [2.24, 2.45) is 5.92 Å². The molecule has 1 aliphatic rings. The van der Waals surface area contributed by atoms with Crippen molar-refractivity contribution < 1.29 is 4.79 Å². The Morgan fingerprint density at radius 1 is 1.33 bits per heavy atom. The van der Waals surface area contributed by atoms with Gasteiger partial charge in [0.25, 0.3) is 0 Å². The summed E-state index contributed by atoms with van der Waals surface area (Å²) < 4.78 is 0. The third kappa shape index (κ3) is 2.90. The fourth-order valence-electron chi connectivity index (χ4n) is 2.10. The van der Waals surface area contributed by atoms with Crippen molar-refractivity contribution >= 4 is 5.78 Å². The van der Waals surface area contributed by atoms with Crippen LogP contribution in [0.15, 0.2) is 30.3 Å². The molecule has 0 bridgehead atoms. The van der Waals surface area contributed by atoms with E-state index in [1.807, 2.05) is 30.3 Å². The lowest BCUT2D eigenvalue weighted by Crippen LogP contribution is -2.31. The highest BCUT2D eigenvalue weighted by Gasteiger charge is 2.17. The van der Waals surface area contributed by atoms with Crippen LogP contribution < -0.4 is 5.32 Å². The van der Waals surface area contributed by atoms with E-state index in [-0.39, 0.29) is 5.78 Å². The van der Waals surface area contributed by atoms with Gasteiger partial charge in [-0.25, -0.2) is 0 Å². The summed E-state index contributed by atoms with van der Waals surface area (Å²) in [5, 5.41) is 3.34. The van der Waals surface area contributed by atoms with E-state index in [0.29, 0.717) is 12.3 Å². The number of benzene rings is 1. The zero-order chi connectivity index (χ0) is 10.5. The van der Waals surface area contributed by atoms with E-state index < -0.39 is 0 Å². The zero-order valence-electron chi connectivity index (χ0n) is 8.91. The molecule has 80 valence electrons. The maximum atomic E-state index is 11.9. The molecule has 1 aromatic carbocycles. The number of piperidine rings is 1. The van der Waals surface area contributed by atoms with Crippen molar-refractivity contribution in [1.29, 1.82) is 0 Å². The maximum absolute atomic E-state index is 11.9. The monoisotopic (exact) mass is 203 g/mol. The fourth-order valence-corrected chi connectivity index (χ4v) is 2.10. The summed E-state index contributed by atoms with van der Waals surface area (Å²) in [5.41, 5.74) is 0.850. The third-order valence-electron chi connectivity index (χ3n) is 2.97. The molecule has 1 aromatic rings. The van der Waals surface area contributed by atoms with Gasteiger partial charge in [0, 0.05) is 12.0 Å². The summed E-state index contributed by atoms with van der Waals surface area (Å²) in [6.45, 7) is 2.11. The van der Waals surface area contributed by atoms with Gasteiger partial charge in [0.05, 0.1) is 0 Å².